The van der Waals surface area contributed by atoms with Gasteiger partial charge in [-0.25, -0.2) is 24.0 Å². The number of esters is 5. The predicted molar refractivity (Wildman–Crippen MR) is 204 cm³/mol. The van der Waals surface area contributed by atoms with Crippen molar-refractivity contribution in [2.75, 3.05) is 6.61 Å². The second kappa shape index (κ2) is 14.8. The van der Waals surface area contributed by atoms with Gasteiger partial charge in [0.1, 0.15) is 12.7 Å². The molecule has 0 radical (unpaired) electrons. The Morgan fingerprint density at radius 2 is 1.10 bits per heavy atom. The molecule has 1 fully saturated rings. The molecule has 27 heteroatoms. The second-order valence-electron chi connectivity index (χ2n) is 15.5. The van der Waals surface area contributed by atoms with Crippen molar-refractivity contribution in [3.8, 4) is 80.1 Å². The molecule has 4 aromatic carbocycles. The number of phenols is 11. The van der Waals surface area contributed by atoms with Crippen LogP contribution < -0.4 is 4.74 Å². The van der Waals surface area contributed by atoms with Crippen LogP contribution in [0, 0.1) is 0 Å². The molecule has 14 N–H and O–H groups in total. The molecule has 0 saturated carbocycles. The number of aromatic hydroxyl groups is 11. The third-order valence-electron chi connectivity index (χ3n) is 11.5. The zero-order valence-electron chi connectivity index (χ0n) is 33.2. The zero-order valence-corrected chi connectivity index (χ0v) is 33.2. The summed E-state index contributed by atoms with van der Waals surface area (Å²) in [5.41, 5.74) is -8.22. The van der Waals surface area contributed by atoms with E-state index < -0.39 is 204 Å². The largest absolute Gasteiger partial charge is 0.504 e. The van der Waals surface area contributed by atoms with Crippen LogP contribution in [0.1, 0.15) is 52.9 Å². The Balaban J connectivity index is 1.29. The third kappa shape index (κ3) is 6.21. The maximum Gasteiger partial charge on any atom is 0.341 e. The smallest absolute Gasteiger partial charge is 0.341 e. The van der Waals surface area contributed by atoms with Crippen molar-refractivity contribution in [1.29, 1.82) is 0 Å². The molecule has 4 bridgehead atoms. The number of ether oxygens (including phenoxy) is 7. The summed E-state index contributed by atoms with van der Waals surface area (Å²) in [4.78, 5) is 84.6. The topological polar surface area (TPSA) is 450 Å². The number of phenolic OH excluding ortho intramolecular Hbond substituents is 11. The van der Waals surface area contributed by atoms with Gasteiger partial charge in [0.15, 0.2) is 64.0 Å². The number of cyclic esters (lactones) is 1. The molecule has 5 aliphatic rings. The van der Waals surface area contributed by atoms with Crippen molar-refractivity contribution in [2.45, 2.75) is 48.2 Å². The Kier molecular flexibility index (Phi) is 9.64. The monoisotopic (exact) mass is 952 g/mol. The van der Waals surface area contributed by atoms with E-state index in [4.69, 9.17) is 33.2 Å². The van der Waals surface area contributed by atoms with E-state index in [-0.39, 0.29) is 6.08 Å². The molecule has 0 spiro atoms. The minimum absolute atomic E-state index is 0.206. The van der Waals surface area contributed by atoms with Gasteiger partial charge in [0.25, 0.3) is 11.6 Å². The second-order valence-corrected chi connectivity index (χ2v) is 15.5. The maximum atomic E-state index is 14.6. The van der Waals surface area contributed by atoms with Crippen LogP contribution in [-0.2, 0) is 38.0 Å². The third-order valence-corrected chi connectivity index (χ3v) is 11.5. The number of carbonyl (C=O) groups excluding carboxylic acids is 6. The van der Waals surface area contributed by atoms with Gasteiger partial charge in [-0.3, -0.25) is 4.79 Å². The van der Waals surface area contributed by atoms with Crippen LogP contribution in [-0.4, -0.2) is 156 Å². The van der Waals surface area contributed by atoms with E-state index >= 15 is 0 Å². The van der Waals surface area contributed by atoms with E-state index in [0.29, 0.717) is 30.3 Å². The number of hydrogen-bond acceptors (Lipinski definition) is 27. The average Bonchev–Trinajstić information content (AvgIpc) is 3.61. The van der Waals surface area contributed by atoms with Crippen LogP contribution in [0.3, 0.4) is 0 Å². The summed E-state index contributed by atoms with van der Waals surface area (Å²) in [7, 11) is 0. The maximum absolute atomic E-state index is 14.6. The highest BCUT2D eigenvalue weighted by Crippen LogP contribution is 2.60. The highest BCUT2D eigenvalue weighted by Gasteiger charge is 2.70. The molecule has 1 aliphatic carbocycles. The van der Waals surface area contributed by atoms with Crippen molar-refractivity contribution in [2.24, 2.45) is 0 Å². The first kappa shape index (κ1) is 44.3. The lowest BCUT2D eigenvalue weighted by molar-refractivity contribution is -0.323. The normalized spacial score (nSPS) is 25.7. The van der Waals surface area contributed by atoms with Crippen molar-refractivity contribution in [3.63, 3.8) is 0 Å². The summed E-state index contributed by atoms with van der Waals surface area (Å²) >= 11 is 0. The van der Waals surface area contributed by atoms with Crippen LogP contribution >= 0.6 is 0 Å². The van der Waals surface area contributed by atoms with Gasteiger partial charge in [0.2, 0.25) is 35.4 Å². The zero-order chi connectivity index (χ0) is 49.4. The van der Waals surface area contributed by atoms with Crippen LogP contribution in [0.25, 0.3) is 11.1 Å². The van der Waals surface area contributed by atoms with Crippen LogP contribution in [0.2, 0.25) is 0 Å². The van der Waals surface area contributed by atoms with Gasteiger partial charge in [-0.2, -0.15) is 0 Å². The van der Waals surface area contributed by atoms with E-state index in [1.54, 1.807) is 0 Å². The lowest BCUT2D eigenvalue weighted by Gasteiger charge is -2.44. The molecule has 7 atom stereocenters. The van der Waals surface area contributed by atoms with Crippen LogP contribution in [0.5, 0.6) is 69.0 Å². The van der Waals surface area contributed by atoms with E-state index in [2.05, 4.69) is 0 Å². The molecular weight excluding hydrogens is 924 g/mol. The lowest BCUT2D eigenvalue weighted by Crippen LogP contribution is -2.66. The molecule has 4 aromatic rings. The molecule has 4 aliphatic heterocycles. The van der Waals surface area contributed by atoms with Gasteiger partial charge >= 0.3 is 29.8 Å². The molecule has 0 amide bonds. The fourth-order valence-electron chi connectivity index (χ4n) is 8.26. The molecular formula is C41H28O27. The number of rotatable bonds is 2. The first-order valence-electron chi connectivity index (χ1n) is 19.1. The van der Waals surface area contributed by atoms with Crippen molar-refractivity contribution < 1.29 is 133 Å². The Hall–Kier alpha value is -8.92. The first-order valence-corrected chi connectivity index (χ1v) is 19.1. The number of ketones is 1. The fourth-order valence-corrected chi connectivity index (χ4v) is 8.26. The van der Waals surface area contributed by atoms with E-state index in [1.165, 1.54) is 0 Å². The van der Waals surface area contributed by atoms with E-state index in [1.807, 2.05) is 0 Å². The summed E-state index contributed by atoms with van der Waals surface area (Å²) in [5.74, 6) is -36.2. The number of hydrogen-bond donors (Lipinski definition) is 14. The van der Waals surface area contributed by atoms with E-state index in [9.17, 15) is 100 Å². The van der Waals surface area contributed by atoms with Gasteiger partial charge in [0, 0.05) is 16.7 Å². The number of benzene rings is 4. The number of carbonyl (C=O) groups is 6. The first-order chi connectivity index (χ1) is 31.9. The van der Waals surface area contributed by atoms with Gasteiger partial charge in [-0.1, -0.05) is 0 Å². The summed E-state index contributed by atoms with van der Waals surface area (Å²) in [5, 5.41) is 150. The quantitative estimate of drug-likeness (QED) is 0.0491. The van der Waals surface area contributed by atoms with Crippen molar-refractivity contribution >= 4 is 35.6 Å². The van der Waals surface area contributed by atoms with Gasteiger partial charge < -0.3 is 105 Å². The van der Waals surface area contributed by atoms with Crippen LogP contribution in [0.4, 0.5) is 0 Å². The summed E-state index contributed by atoms with van der Waals surface area (Å²) in [6.07, 6.45) is -12.1. The predicted octanol–water partition coefficient (Wildman–Crippen LogP) is -1.10. The highest BCUT2D eigenvalue weighted by atomic mass is 16.8. The molecule has 68 heavy (non-hydrogen) atoms. The molecule has 9 rings (SSSR count). The summed E-state index contributed by atoms with van der Waals surface area (Å²) < 4.78 is 39.1. The minimum Gasteiger partial charge on any atom is -0.504 e. The summed E-state index contributed by atoms with van der Waals surface area (Å²) in [6.45, 7) is -1.31. The molecule has 27 nitrogen and oxygen atoms in total. The van der Waals surface area contributed by atoms with Crippen LogP contribution in [0.15, 0.2) is 42.0 Å². The molecule has 1 saturated heterocycles. The Morgan fingerprint density at radius 1 is 0.588 bits per heavy atom. The number of fused-ring (bicyclic) bond motifs is 9. The van der Waals surface area contributed by atoms with Crippen molar-refractivity contribution in [3.05, 3.63) is 69.8 Å². The standard InChI is InChI=1S/C41H28O27/c42-13-1-8(2-14(43)24(13)48)34(54)65-32-30-18-7-62-35(55)9-3-15(44)25(49)28(52)20(9)21-10(4-16(45)26(50)29(21)53)37(57)67-39(63-18)33(32)66-36(56)11-5-17(46)27(51)31-22(11)23-12(38(58)64-30)6-19(47)40(59,60)41(23,61)68-31/h1-6,18,23,30,32-33,39,42-46,48-53,59-61H,7H2. The average molecular weight is 953 g/mol. The molecule has 4 heterocycles. The molecule has 354 valence electrons. The minimum atomic E-state index is -4.02. The van der Waals surface area contributed by atoms with Crippen molar-refractivity contribution in [1.82, 2.24) is 0 Å². The Morgan fingerprint density at radius 3 is 1.71 bits per heavy atom. The SMILES string of the molecule is O=C1OC2C3COC(=O)c4cc(O)c(O)c(O)c4-c4c(cc(O)c(O)c4O)C(=O)OC(O3)C(OC(=O)c3cc(O)c(O)c4c3C3C1=CC(=O)C(O)(O)C3(O)O4)C2OC(=O)c1cc(O)c(O)c(O)c1. The van der Waals surface area contributed by atoms with Gasteiger partial charge in [-0.15, -0.1) is 0 Å². The van der Waals surface area contributed by atoms with Gasteiger partial charge in [-0.05, 0) is 36.4 Å². The van der Waals surface area contributed by atoms with E-state index in [0.717, 1.165) is 0 Å². The van der Waals surface area contributed by atoms with Gasteiger partial charge in [0.05, 0.1) is 33.7 Å². The Labute approximate surface area is 373 Å². The molecule has 0 aromatic heterocycles. The number of aliphatic hydroxyl groups is 3. The Bertz CT molecular complexity index is 3020. The highest BCUT2D eigenvalue weighted by molar-refractivity contribution is 6.09. The lowest BCUT2D eigenvalue weighted by atomic mass is 9.74. The summed E-state index contributed by atoms with van der Waals surface area (Å²) in [6, 6.07) is 2.35. The fraction of sp³-hybridized carbons (Fsp3) is 0.220. The molecule has 7 unspecified atom stereocenters.